The van der Waals surface area contributed by atoms with E-state index in [1.54, 1.807) is 14.2 Å². The summed E-state index contributed by atoms with van der Waals surface area (Å²) in [7, 11) is 3.14. The van der Waals surface area contributed by atoms with Crippen LogP contribution in [0.3, 0.4) is 0 Å². The number of hydrogen-bond donors (Lipinski definition) is 1. The van der Waals surface area contributed by atoms with Crippen molar-refractivity contribution < 1.29 is 14.6 Å². The maximum atomic E-state index is 10.2. The molecule has 1 N–H and O–H groups in total. The largest absolute Gasteiger partial charge is 0.388 e. The van der Waals surface area contributed by atoms with E-state index in [0.29, 0.717) is 6.42 Å². The quantitative estimate of drug-likeness (QED) is 0.819. The van der Waals surface area contributed by atoms with Crippen molar-refractivity contribution in [3.63, 3.8) is 0 Å². The van der Waals surface area contributed by atoms with E-state index in [1.165, 1.54) is 5.56 Å². The highest BCUT2D eigenvalue weighted by Gasteiger charge is 2.14. The first-order chi connectivity index (χ1) is 9.74. The Bertz CT molecular complexity index is 504. The molecule has 1 unspecified atom stereocenters. The van der Waals surface area contributed by atoms with Crippen molar-refractivity contribution in [1.29, 1.82) is 0 Å². The molecule has 0 saturated heterocycles. The van der Waals surface area contributed by atoms with Crippen LogP contribution in [0.5, 0.6) is 0 Å². The van der Waals surface area contributed by atoms with Gasteiger partial charge in [-0.05, 0) is 16.7 Å². The molecular weight excluding hydrogens is 252 g/mol. The summed E-state index contributed by atoms with van der Waals surface area (Å²) < 4.78 is 10.2. The van der Waals surface area contributed by atoms with Crippen molar-refractivity contribution in [3.05, 3.63) is 60.2 Å². The number of aliphatic hydroxyl groups excluding tert-OH is 1. The van der Waals surface area contributed by atoms with Gasteiger partial charge in [0.1, 0.15) is 0 Å². The number of ether oxygens (including phenoxy) is 2. The van der Waals surface area contributed by atoms with Crippen LogP contribution in [0.2, 0.25) is 0 Å². The summed E-state index contributed by atoms with van der Waals surface area (Å²) in [6, 6.07) is 18.1. The van der Waals surface area contributed by atoms with Gasteiger partial charge in [-0.3, -0.25) is 0 Å². The van der Waals surface area contributed by atoms with E-state index in [1.807, 2.05) is 42.5 Å². The standard InChI is InChI=1S/C17H20O3/c1-19-17(20-2)12-16(18)15-10-8-14(9-11-15)13-6-4-3-5-7-13/h3-11,16-18H,12H2,1-2H3. The zero-order chi connectivity index (χ0) is 14.4. The van der Waals surface area contributed by atoms with Crippen molar-refractivity contribution in [2.24, 2.45) is 0 Å². The predicted molar refractivity (Wildman–Crippen MR) is 79.3 cm³/mol. The molecule has 0 aliphatic carbocycles. The third-order valence-electron chi connectivity index (χ3n) is 3.34. The summed E-state index contributed by atoms with van der Waals surface area (Å²) in [5.74, 6) is 0. The van der Waals surface area contributed by atoms with Crippen LogP contribution in [-0.2, 0) is 9.47 Å². The molecule has 1 atom stereocenters. The third kappa shape index (κ3) is 3.67. The Balaban J connectivity index is 2.08. The van der Waals surface area contributed by atoms with Gasteiger partial charge in [-0.25, -0.2) is 0 Å². The molecule has 0 bridgehead atoms. The van der Waals surface area contributed by atoms with Crippen molar-refractivity contribution >= 4 is 0 Å². The van der Waals surface area contributed by atoms with Crippen molar-refractivity contribution in [2.75, 3.05) is 14.2 Å². The average Bonchev–Trinajstić information content (AvgIpc) is 2.53. The molecule has 0 saturated carbocycles. The van der Waals surface area contributed by atoms with Crippen LogP contribution < -0.4 is 0 Å². The summed E-state index contributed by atoms with van der Waals surface area (Å²) in [5, 5.41) is 10.2. The van der Waals surface area contributed by atoms with E-state index in [-0.39, 0.29) is 0 Å². The molecule has 0 aliphatic rings. The fourth-order valence-electron chi connectivity index (χ4n) is 2.14. The number of aliphatic hydroxyl groups is 1. The van der Waals surface area contributed by atoms with E-state index in [2.05, 4.69) is 12.1 Å². The minimum atomic E-state index is -0.593. The van der Waals surface area contributed by atoms with Gasteiger partial charge in [0.2, 0.25) is 0 Å². The van der Waals surface area contributed by atoms with Crippen molar-refractivity contribution in [1.82, 2.24) is 0 Å². The fourth-order valence-corrected chi connectivity index (χ4v) is 2.14. The highest BCUT2D eigenvalue weighted by Crippen LogP contribution is 2.24. The second-order valence-corrected chi connectivity index (χ2v) is 4.64. The molecule has 0 aliphatic heterocycles. The van der Waals surface area contributed by atoms with E-state index in [9.17, 15) is 5.11 Å². The zero-order valence-corrected chi connectivity index (χ0v) is 11.8. The topological polar surface area (TPSA) is 38.7 Å². The lowest BCUT2D eigenvalue weighted by atomic mass is 10.0. The first kappa shape index (κ1) is 14.7. The molecule has 2 aromatic rings. The first-order valence-electron chi connectivity index (χ1n) is 6.63. The van der Waals surface area contributed by atoms with Gasteiger partial charge >= 0.3 is 0 Å². The molecule has 106 valence electrons. The van der Waals surface area contributed by atoms with Crippen LogP contribution in [0.25, 0.3) is 11.1 Å². The molecule has 0 fully saturated rings. The van der Waals surface area contributed by atoms with E-state index in [4.69, 9.17) is 9.47 Å². The fraction of sp³-hybridized carbons (Fsp3) is 0.294. The Morgan fingerprint density at radius 1 is 0.850 bits per heavy atom. The third-order valence-corrected chi connectivity index (χ3v) is 3.34. The smallest absolute Gasteiger partial charge is 0.159 e. The summed E-state index contributed by atoms with van der Waals surface area (Å²) in [5.41, 5.74) is 3.17. The minimum Gasteiger partial charge on any atom is -0.388 e. The molecule has 0 aromatic heterocycles. The van der Waals surface area contributed by atoms with Crippen LogP contribution in [-0.4, -0.2) is 25.6 Å². The van der Waals surface area contributed by atoms with Gasteiger partial charge in [-0.2, -0.15) is 0 Å². The Morgan fingerprint density at radius 3 is 1.95 bits per heavy atom. The van der Waals surface area contributed by atoms with E-state index >= 15 is 0 Å². The minimum absolute atomic E-state index is 0.390. The Hall–Kier alpha value is -1.68. The molecule has 3 heteroatoms. The molecular formula is C17H20O3. The van der Waals surface area contributed by atoms with Gasteiger partial charge in [-0.1, -0.05) is 54.6 Å². The molecule has 0 radical (unpaired) electrons. The van der Waals surface area contributed by atoms with Crippen LogP contribution in [0, 0.1) is 0 Å². The number of hydrogen-bond acceptors (Lipinski definition) is 3. The normalized spacial score (nSPS) is 12.6. The monoisotopic (exact) mass is 272 g/mol. The molecule has 3 nitrogen and oxygen atoms in total. The van der Waals surface area contributed by atoms with Crippen LogP contribution in [0.1, 0.15) is 18.1 Å². The second-order valence-electron chi connectivity index (χ2n) is 4.64. The molecule has 2 aromatic carbocycles. The van der Waals surface area contributed by atoms with Gasteiger partial charge in [0.15, 0.2) is 6.29 Å². The summed E-state index contributed by atoms with van der Waals surface area (Å²) >= 11 is 0. The van der Waals surface area contributed by atoms with E-state index in [0.717, 1.165) is 11.1 Å². The number of benzene rings is 2. The Morgan fingerprint density at radius 2 is 1.40 bits per heavy atom. The maximum absolute atomic E-state index is 10.2. The molecule has 2 rings (SSSR count). The highest BCUT2D eigenvalue weighted by molar-refractivity contribution is 5.63. The van der Waals surface area contributed by atoms with E-state index < -0.39 is 12.4 Å². The van der Waals surface area contributed by atoms with Crippen LogP contribution in [0.15, 0.2) is 54.6 Å². The summed E-state index contributed by atoms with van der Waals surface area (Å²) in [6.45, 7) is 0. The van der Waals surface area contributed by atoms with Crippen molar-refractivity contribution in [2.45, 2.75) is 18.8 Å². The SMILES string of the molecule is COC(CC(O)c1ccc(-c2ccccc2)cc1)OC. The van der Waals surface area contributed by atoms with Gasteiger partial charge in [-0.15, -0.1) is 0 Å². The molecule has 20 heavy (non-hydrogen) atoms. The zero-order valence-electron chi connectivity index (χ0n) is 11.8. The molecule has 0 heterocycles. The lowest BCUT2D eigenvalue weighted by molar-refractivity contribution is -0.123. The lowest BCUT2D eigenvalue weighted by Crippen LogP contribution is -2.17. The van der Waals surface area contributed by atoms with Gasteiger partial charge in [0.05, 0.1) is 6.10 Å². The summed E-state index contributed by atoms with van der Waals surface area (Å²) in [4.78, 5) is 0. The maximum Gasteiger partial charge on any atom is 0.159 e. The van der Waals surface area contributed by atoms with Gasteiger partial charge in [0.25, 0.3) is 0 Å². The summed E-state index contributed by atoms with van der Waals surface area (Å²) in [6.07, 6.45) is -0.568. The van der Waals surface area contributed by atoms with Crippen molar-refractivity contribution in [3.8, 4) is 11.1 Å². The number of rotatable bonds is 6. The predicted octanol–water partition coefficient (Wildman–Crippen LogP) is 3.40. The van der Waals surface area contributed by atoms with Gasteiger partial charge in [0, 0.05) is 20.6 Å². The van der Waals surface area contributed by atoms with Crippen LogP contribution >= 0.6 is 0 Å². The molecule has 0 spiro atoms. The van der Waals surface area contributed by atoms with Gasteiger partial charge < -0.3 is 14.6 Å². The average molecular weight is 272 g/mol. The molecule has 0 amide bonds. The Labute approximate surface area is 119 Å². The number of methoxy groups -OCH3 is 2. The first-order valence-corrected chi connectivity index (χ1v) is 6.63. The lowest BCUT2D eigenvalue weighted by Gasteiger charge is -2.18. The second kappa shape index (κ2) is 7.20. The highest BCUT2D eigenvalue weighted by atomic mass is 16.7. The van der Waals surface area contributed by atoms with Crippen LogP contribution in [0.4, 0.5) is 0 Å². The Kier molecular flexibility index (Phi) is 5.30.